The fourth-order valence-electron chi connectivity index (χ4n) is 10.4. The van der Waals surface area contributed by atoms with Crippen molar-refractivity contribution in [3.05, 3.63) is 12.2 Å². The van der Waals surface area contributed by atoms with Gasteiger partial charge in [-0.2, -0.15) is 0 Å². The van der Waals surface area contributed by atoms with Gasteiger partial charge >= 0.3 is 5.97 Å². The van der Waals surface area contributed by atoms with Gasteiger partial charge in [-0.1, -0.05) is 13.5 Å². The third kappa shape index (κ3) is 2.44. The van der Waals surface area contributed by atoms with Crippen LogP contribution in [0.25, 0.3) is 0 Å². The fraction of sp³-hybridized carbons (Fsp3) is 0.857. The Morgan fingerprint density at radius 2 is 1.74 bits per heavy atom. The smallest absolute Gasteiger partial charge is 0.336 e. The summed E-state index contributed by atoms with van der Waals surface area (Å²) in [5.74, 6) is 1.97. The van der Waals surface area contributed by atoms with Crippen LogP contribution in [0, 0.1) is 40.4 Å². The highest BCUT2D eigenvalue weighted by Gasteiger charge is 2.79. The van der Waals surface area contributed by atoms with E-state index in [-0.39, 0.29) is 41.7 Å². The summed E-state index contributed by atoms with van der Waals surface area (Å²) in [5.41, 5.74) is -0.872. The molecule has 0 aromatic heterocycles. The summed E-state index contributed by atoms with van der Waals surface area (Å²) in [6.45, 7) is 11.2. The van der Waals surface area contributed by atoms with Gasteiger partial charge in [0.1, 0.15) is 23.1 Å². The number of ketones is 1. The number of aliphatic hydroxyl groups is 1. The summed E-state index contributed by atoms with van der Waals surface area (Å²) >= 11 is 0. The summed E-state index contributed by atoms with van der Waals surface area (Å²) in [6, 6.07) is 0. The third-order valence-electron chi connectivity index (χ3n) is 12.3. The summed E-state index contributed by atoms with van der Waals surface area (Å²) in [6.07, 6.45) is 6.50. The number of ether oxygens (including phenoxy) is 3. The molecule has 3 saturated heterocycles. The van der Waals surface area contributed by atoms with E-state index < -0.39 is 22.7 Å². The van der Waals surface area contributed by atoms with Crippen LogP contribution in [0.1, 0.15) is 72.1 Å². The second kappa shape index (κ2) is 6.54. The van der Waals surface area contributed by atoms with Gasteiger partial charge in [-0.05, 0) is 75.0 Å². The lowest BCUT2D eigenvalue weighted by Gasteiger charge is -2.59. The molecule has 0 aromatic carbocycles. The average molecular weight is 471 g/mol. The molecule has 7 aliphatic rings. The SMILES string of the molecule is C=C1C(=O)O[C@@H]2C[C@@]1(C)OC[C@H]2C1CC[C@H]2[C@@H]3C[C@H]4O[C@]45C[C@H](O)CC(=O)C5(C)[C@H]3CCC12C. The molecule has 7 rings (SSSR count). The minimum Gasteiger partial charge on any atom is -0.458 e. The zero-order valence-electron chi connectivity index (χ0n) is 20.7. The van der Waals surface area contributed by atoms with Crippen molar-refractivity contribution in [1.82, 2.24) is 0 Å². The van der Waals surface area contributed by atoms with Crippen molar-refractivity contribution >= 4 is 11.8 Å². The summed E-state index contributed by atoms with van der Waals surface area (Å²) in [5, 5.41) is 10.4. The van der Waals surface area contributed by atoms with Gasteiger partial charge in [0.25, 0.3) is 0 Å². The van der Waals surface area contributed by atoms with Crippen molar-refractivity contribution in [2.45, 2.75) is 102 Å². The summed E-state index contributed by atoms with van der Waals surface area (Å²) in [4.78, 5) is 25.9. The Morgan fingerprint density at radius 3 is 2.50 bits per heavy atom. The van der Waals surface area contributed by atoms with Crippen LogP contribution in [0.5, 0.6) is 0 Å². The van der Waals surface area contributed by atoms with Crippen LogP contribution in [0.2, 0.25) is 0 Å². The minimum absolute atomic E-state index is 0.0975. The quantitative estimate of drug-likeness (QED) is 0.358. The Labute approximate surface area is 201 Å². The molecule has 6 nitrogen and oxygen atoms in total. The van der Waals surface area contributed by atoms with Gasteiger partial charge in [-0.25, -0.2) is 4.79 Å². The summed E-state index contributed by atoms with van der Waals surface area (Å²) in [7, 11) is 0. The molecule has 4 saturated carbocycles. The summed E-state index contributed by atoms with van der Waals surface area (Å²) < 4.78 is 18.6. The first-order valence-corrected chi connectivity index (χ1v) is 13.5. The minimum atomic E-state index is -0.594. The number of rotatable bonds is 1. The topological polar surface area (TPSA) is 85.4 Å². The van der Waals surface area contributed by atoms with Gasteiger partial charge in [0, 0.05) is 25.2 Å². The van der Waals surface area contributed by atoms with E-state index in [1.807, 2.05) is 6.92 Å². The van der Waals surface area contributed by atoms with Gasteiger partial charge in [-0.3, -0.25) is 4.79 Å². The lowest BCUT2D eigenvalue weighted by Crippen LogP contribution is -2.63. The highest BCUT2D eigenvalue weighted by molar-refractivity contribution is 5.91. The molecule has 1 spiro atoms. The standard InChI is InChI=1S/C28H38O6/c1-14-24(31)33-21-12-26(14,3)32-13-17(21)19-6-5-18-16-10-23-28(34-23)11-15(29)9-22(30)27(28,4)20(16)7-8-25(18,19)2/h15-21,23,29H,1,5-13H2,2-4H3/t15-,16+,17+,18+,19?,20+,21-,23-,25?,26-,27?,28-/m1/s1. The van der Waals surface area contributed by atoms with Crippen LogP contribution in [-0.4, -0.2) is 53.0 Å². The van der Waals surface area contributed by atoms with Crippen LogP contribution in [0.3, 0.4) is 0 Å². The lowest BCUT2D eigenvalue weighted by molar-refractivity contribution is -0.201. The number of hydrogen-bond donors (Lipinski definition) is 1. The maximum atomic E-state index is 13.4. The van der Waals surface area contributed by atoms with Crippen molar-refractivity contribution in [2.75, 3.05) is 6.61 Å². The molecule has 12 atom stereocenters. The molecule has 186 valence electrons. The number of carbonyl (C=O) groups is 2. The Kier molecular flexibility index (Phi) is 4.23. The van der Waals surface area contributed by atoms with Gasteiger partial charge in [0.05, 0.1) is 29.8 Å². The number of aliphatic hydroxyl groups excluding tert-OH is 1. The molecule has 3 unspecified atom stereocenters. The van der Waals surface area contributed by atoms with Gasteiger partial charge < -0.3 is 19.3 Å². The molecule has 2 bridgehead atoms. The van der Waals surface area contributed by atoms with E-state index in [0.29, 0.717) is 48.7 Å². The Hall–Kier alpha value is -1.24. The second-order valence-electron chi connectivity index (χ2n) is 13.4. The monoisotopic (exact) mass is 470 g/mol. The highest BCUT2D eigenvalue weighted by Crippen LogP contribution is 2.73. The molecule has 1 N–H and O–H groups in total. The number of carbonyl (C=O) groups excluding carboxylic acids is 2. The molecular formula is C28H38O6. The number of epoxide rings is 1. The molecule has 0 aromatic rings. The van der Waals surface area contributed by atoms with Gasteiger partial charge in [-0.15, -0.1) is 0 Å². The molecule has 6 heteroatoms. The Morgan fingerprint density at radius 1 is 1.00 bits per heavy atom. The lowest BCUT2D eigenvalue weighted by atomic mass is 9.44. The zero-order chi connectivity index (χ0) is 23.8. The number of fused-ring (bicyclic) bond motifs is 6. The first-order valence-electron chi connectivity index (χ1n) is 13.5. The molecule has 0 radical (unpaired) electrons. The molecule has 7 fully saturated rings. The number of hydrogen-bond acceptors (Lipinski definition) is 6. The second-order valence-corrected chi connectivity index (χ2v) is 13.4. The maximum Gasteiger partial charge on any atom is 0.336 e. The van der Waals surface area contributed by atoms with Crippen molar-refractivity contribution in [3.63, 3.8) is 0 Å². The van der Waals surface area contributed by atoms with Crippen molar-refractivity contribution in [2.24, 2.45) is 40.4 Å². The van der Waals surface area contributed by atoms with Crippen LogP contribution in [0.4, 0.5) is 0 Å². The molecule has 3 heterocycles. The first-order chi connectivity index (χ1) is 16.0. The Bertz CT molecular complexity index is 991. The molecule has 3 aliphatic heterocycles. The van der Waals surface area contributed by atoms with Crippen molar-refractivity contribution in [1.29, 1.82) is 0 Å². The fourth-order valence-corrected chi connectivity index (χ4v) is 10.4. The highest BCUT2D eigenvalue weighted by atomic mass is 16.6. The van der Waals surface area contributed by atoms with E-state index in [9.17, 15) is 14.7 Å². The number of Topliss-reactive ketones (excluding diaryl/α,β-unsaturated/α-hetero) is 1. The van der Waals surface area contributed by atoms with E-state index in [0.717, 1.165) is 32.1 Å². The van der Waals surface area contributed by atoms with E-state index in [1.165, 1.54) is 0 Å². The first kappa shape index (κ1) is 22.0. The molecule has 34 heavy (non-hydrogen) atoms. The molecule has 4 aliphatic carbocycles. The Balaban J connectivity index is 1.18. The van der Waals surface area contributed by atoms with Crippen LogP contribution < -0.4 is 0 Å². The van der Waals surface area contributed by atoms with E-state index >= 15 is 0 Å². The predicted octanol–water partition coefficient (Wildman–Crippen LogP) is 3.59. The van der Waals surface area contributed by atoms with E-state index in [4.69, 9.17) is 14.2 Å². The van der Waals surface area contributed by atoms with E-state index in [2.05, 4.69) is 20.4 Å². The van der Waals surface area contributed by atoms with Gasteiger partial charge in [0.15, 0.2) is 0 Å². The van der Waals surface area contributed by atoms with Crippen LogP contribution in [0.15, 0.2) is 12.2 Å². The molecular weight excluding hydrogens is 432 g/mol. The number of esters is 1. The zero-order valence-corrected chi connectivity index (χ0v) is 20.7. The molecule has 0 amide bonds. The maximum absolute atomic E-state index is 13.4. The van der Waals surface area contributed by atoms with Gasteiger partial charge in [0.2, 0.25) is 0 Å². The van der Waals surface area contributed by atoms with Crippen molar-refractivity contribution < 1.29 is 28.9 Å². The normalized spacial score (nSPS) is 59.9. The third-order valence-corrected chi connectivity index (χ3v) is 12.3. The van der Waals surface area contributed by atoms with E-state index in [1.54, 1.807) is 0 Å². The average Bonchev–Trinajstić information content (AvgIpc) is 3.36. The van der Waals surface area contributed by atoms with Crippen molar-refractivity contribution in [3.8, 4) is 0 Å². The largest absolute Gasteiger partial charge is 0.458 e. The van der Waals surface area contributed by atoms with Crippen LogP contribution in [-0.2, 0) is 23.8 Å². The predicted molar refractivity (Wildman–Crippen MR) is 123 cm³/mol. The van der Waals surface area contributed by atoms with Crippen LogP contribution >= 0.6 is 0 Å².